The van der Waals surface area contributed by atoms with Crippen LogP contribution in [0.25, 0.3) is 11.8 Å². The fraction of sp³-hybridized carbons (Fsp3) is 0.143. The number of ether oxygens (including phenoxy) is 3. The van der Waals surface area contributed by atoms with Gasteiger partial charge in [0.05, 0.1) is 23.8 Å². The van der Waals surface area contributed by atoms with E-state index in [1.54, 1.807) is 24.3 Å². The summed E-state index contributed by atoms with van der Waals surface area (Å²) in [4.78, 5) is 12.4. The molecule has 3 aromatic carbocycles. The third kappa shape index (κ3) is 5.13. The van der Waals surface area contributed by atoms with E-state index in [2.05, 4.69) is 6.07 Å². The predicted molar refractivity (Wildman–Crippen MR) is 126 cm³/mol. The Kier molecular flexibility index (Phi) is 6.56. The normalized spacial score (nSPS) is 13.9. The second-order valence-electron chi connectivity index (χ2n) is 7.56. The number of carbonyl (C=O) groups excluding carboxylic acids is 1. The van der Waals surface area contributed by atoms with Crippen molar-refractivity contribution < 1.29 is 19.0 Å². The van der Waals surface area contributed by atoms with Gasteiger partial charge in [-0.25, -0.2) is 4.79 Å². The van der Waals surface area contributed by atoms with E-state index in [-0.39, 0.29) is 6.61 Å². The van der Waals surface area contributed by atoms with Crippen LogP contribution in [0.5, 0.6) is 11.5 Å². The van der Waals surface area contributed by atoms with Crippen molar-refractivity contribution in [3.8, 4) is 17.6 Å². The van der Waals surface area contributed by atoms with Crippen molar-refractivity contribution in [2.24, 2.45) is 0 Å². The quantitative estimate of drug-likeness (QED) is 0.344. The lowest BCUT2D eigenvalue weighted by molar-refractivity contribution is -0.130. The average molecular weight is 437 g/mol. The van der Waals surface area contributed by atoms with E-state index >= 15 is 0 Å². The van der Waals surface area contributed by atoms with Gasteiger partial charge in [-0.3, -0.25) is 0 Å². The van der Waals surface area contributed by atoms with Crippen LogP contribution in [0.2, 0.25) is 0 Å². The van der Waals surface area contributed by atoms with Crippen molar-refractivity contribution in [1.82, 2.24) is 0 Å². The second-order valence-corrected chi connectivity index (χ2v) is 7.56. The number of hydrogen-bond acceptors (Lipinski definition) is 5. The number of benzene rings is 3. The SMILES string of the molecule is CCOc1cc(/C=C2\C=C(c3ccc(C)cc3)OC2=O)ccc1OCc1ccccc1C#N. The Morgan fingerprint density at radius 1 is 1.00 bits per heavy atom. The zero-order valence-electron chi connectivity index (χ0n) is 18.5. The van der Waals surface area contributed by atoms with Crippen LogP contribution in [-0.2, 0) is 16.1 Å². The highest BCUT2D eigenvalue weighted by atomic mass is 16.5. The molecule has 0 aromatic heterocycles. The maximum absolute atomic E-state index is 12.4. The molecule has 0 fully saturated rings. The van der Waals surface area contributed by atoms with Crippen LogP contribution in [0.3, 0.4) is 0 Å². The average Bonchev–Trinajstić information content (AvgIpc) is 3.19. The molecule has 0 amide bonds. The summed E-state index contributed by atoms with van der Waals surface area (Å²) < 4.78 is 17.2. The van der Waals surface area contributed by atoms with E-state index in [4.69, 9.17) is 14.2 Å². The van der Waals surface area contributed by atoms with Gasteiger partial charge in [0.25, 0.3) is 0 Å². The summed E-state index contributed by atoms with van der Waals surface area (Å²) in [7, 11) is 0. The lowest BCUT2D eigenvalue weighted by atomic mass is 10.1. The topological polar surface area (TPSA) is 68.6 Å². The van der Waals surface area contributed by atoms with Crippen LogP contribution in [0.15, 0.2) is 78.4 Å². The lowest BCUT2D eigenvalue weighted by Crippen LogP contribution is -2.01. The van der Waals surface area contributed by atoms with E-state index < -0.39 is 5.97 Å². The Hall–Kier alpha value is -4.30. The molecule has 1 heterocycles. The standard InChI is InChI=1S/C28H23NO4/c1-3-31-27-15-20(10-13-25(27)32-18-23-7-5-4-6-22(23)17-29)14-24-16-26(33-28(24)30)21-11-8-19(2)9-12-21/h4-16H,3,18H2,1-2H3/b24-14+. The molecule has 5 heteroatoms. The molecule has 0 atom stereocenters. The zero-order valence-corrected chi connectivity index (χ0v) is 18.5. The molecule has 0 saturated heterocycles. The molecular formula is C28H23NO4. The fourth-order valence-electron chi connectivity index (χ4n) is 3.44. The molecule has 164 valence electrons. The Labute approximate surface area is 193 Å². The zero-order chi connectivity index (χ0) is 23.2. The van der Waals surface area contributed by atoms with Crippen LogP contribution in [0, 0.1) is 18.3 Å². The van der Waals surface area contributed by atoms with Gasteiger partial charge in [-0.2, -0.15) is 5.26 Å². The van der Waals surface area contributed by atoms with Gasteiger partial charge in [0.1, 0.15) is 12.4 Å². The van der Waals surface area contributed by atoms with Gasteiger partial charge in [0.2, 0.25) is 0 Å². The molecule has 33 heavy (non-hydrogen) atoms. The number of cyclic esters (lactones) is 1. The maximum atomic E-state index is 12.4. The molecule has 0 spiro atoms. The minimum Gasteiger partial charge on any atom is -0.490 e. The van der Waals surface area contributed by atoms with Crippen LogP contribution in [-0.4, -0.2) is 12.6 Å². The Morgan fingerprint density at radius 2 is 1.79 bits per heavy atom. The van der Waals surface area contributed by atoms with Crippen molar-refractivity contribution in [2.45, 2.75) is 20.5 Å². The Balaban J connectivity index is 1.57. The van der Waals surface area contributed by atoms with Gasteiger partial charge in [-0.1, -0.05) is 54.1 Å². The predicted octanol–water partition coefficient (Wildman–Crippen LogP) is 5.83. The first kappa shape index (κ1) is 21.9. The van der Waals surface area contributed by atoms with Crippen LogP contribution < -0.4 is 9.47 Å². The monoisotopic (exact) mass is 437 g/mol. The first-order chi connectivity index (χ1) is 16.1. The van der Waals surface area contributed by atoms with Crippen molar-refractivity contribution >= 4 is 17.8 Å². The van der Waals surface area contributed by atoms with Crippen molar-refractivity contribution in [3.05, 3.63) is 106 Å². The molecule has 3 aromatic rings. The highest BCUT2D eigenvalue weighted by Gasteiger charge is 2.22. The number of rotatable bonds is 7. The third-order valence-electron chi connectivity index (χ3n) is 5.17. The summed E-state index contributed by atoms with van der Waals surface area (Å²) in [5.74, 6) is 1.27. The highest BCUT2D eigenvalue weighted by Crippen LogP contribution is 2.32. The minimum absolute atomic E-state index is 0.249. The van der Waals surface area contributed by atoms with E-state index in [9.17, 15) is 10.1 Å². The lowest BCUT2D eigenvalue weighted by Gasteiger charge is -2.13. The van der Waals surface area contributed by atoms with Gasteiger partial charge < -0.3 is 14.2 Å². The van der Waals surface area contributed by atoms with E-state index in [1.807, 2.05) is 68.4 Å². The molecule has 5 nitrogen and oxygen atoms in total. The van der Waals surface area contributed by atoms with Crippen molar-refractivity contribution in [1.29, 1.82) is 5.26 Å². The molecule has 1 aliphatic heterocycles. The summed E-state index contributed by atoms with van der Waals surface area (Å²) in [5, 5.41) is 9.27. The van der Waals surface area contributed by atoms with Crippen LogP contribution in [0.4, 0.5) is 0 Å². The number of esters is 1. The molecule has 0 N–H and O–H groups in total. The highest BCUT2D eigenvalue weighted by molar-refractivity contribution is 6.05. The number of hydrogen-bond donors (Lipinski definition) is 0. The molecule has 0 radical (unpaired) electrons. The van der Waals surface area contributed by atoms with E-state index in [1.165, 1.54) is 0 Å². The van der Waals surface area contributed by atoms with Gasteiger partial charge in [0.15, 0.2) is 11.5 Å². The largest absolute Gasteiger partial charge is 0.490 e. The molecule has 0 aliphatic carbocycles. The van der Waals surface area contributed by atoms with Gasteiger partial charge in [0, 0.05) is 11.1 Å². The third-order valence-corrected chi connectivity index (χ3v) is 5.17. The summed E-state index contributed by atoms with van der Waals surface area (Å²) >= 11 is 0. The first-order valence-electron chi connectivity index (χ1n) is 10.7. The molecule has 4 rings (SSSR count). The molecule has 1 aliphatic rings. The molecule has 0 saturated carbocycles. The van der Waals surface area contributed by atoms with E-state index in [0.29, 0.717) is 35.0 Å². The summed E-state index contributed by atoms with van der Waals surface area (Å²) in [6, 6.07) is 22.8. The number of nitriles is 1. The minimum atomic E-state index is -0.392. The second kappa shape index (κ2) is 9.88. The number of carbonyl (C=O) groups is 1. The molecule has 0 unspecified atom stereocenters. The number of aryl methyl sites for hydroxylation is 1. The van der Waals surface area contributed by atoms with E-state index in [0.717, 1.165) is 22.3 Å². The van der Waals surface area contributed by atoms with Gasteiger partial charge >= 0.3 is 5.97 Å². The summed E-state index contributed by atoms with van der Waals surface area (Å²) in [5.41, 5.74) is 4.63. The van der Waals surface area contributed by atoms with Crippen LogP contribution >= 0.6 is 0 Å². The fourth-order valence-corrected chi connectivity index (χ4v) is 3.44. The number of nitrogens with zero attached hydrogens (tertiary/aromatic N) is 1. The maximum Gasteiger partial charge on any atom is 0.343 e. The summed E-state index contributed by atoms with van der Waals surface area (Å²) in [6.45, 7) is 4.62. The van der Waals surface area contributed by atoms with Crippen LogP contribution in [0.1, 0.15) is 34.7 Å². The Bertz CT molecular complexity index is 1280. The first-order valence-corrected chi connectivity index (χ1v) is 10.7. The van der Waals surface area contributed by atoms with Gasteiger partial charge in [-0.05, 0) is 49.8 Å². The molecule has 0 bridgehead atoms. The van der Waals surface area contributed by atoms with Crippen molar-refractivity contribution in [2.75, 3.05) is 6.61 Å². The smallest absolute Gasteiger partial charge is 0.343 e. The Morgan fingerprint density at radius 3 is 2.55 bits per heavy atom. The van der Waals surface area contributed by atoms with Gasteiger partial charge in [-0.15, -0.1) is 0 Å². The summed E-state index contributed by atoms with van der Waals surface area (Å²) in [6.07, 6.45) is 3.51. The van der Waals surface area contributed by atoms with Crippen molar-refractivity contribution in [3.63, 3.8) is 0 Å². The molecular weight excluding hydrogens is 414 g/mol.